The van der Waals surface area contributed by atoms with Gasteiger partial charge in [-0.2, -0.15) is 4.37 Å². The molecule has 0 radical (unpaired) electrons. The molecule has 2 heterocycles. The van der Waals surface area contributed by atoms with E-state index >= 15 is 0 Å². The van der Waals surface area contributed by atoms with Crippen LogP contribution in [0, 0.1) is 0 Å². The summed E-state index contributed by atoms with van der Waals surface area (Å²) in [6, 6.07) is 10.4. The van der Waals surface area contributed by atoms with Crippen molar-refractivity contribution in [2.24, 2.45) is 0 Å². The number of anilines is 1. The predicted molar refractivity (Wildman–Crippen MR) is 98.2 cm³/mol. The van der Waals surface area contributed by atoms with Gasteiger partial charge in [0.15, 0.2) is 0 Å². The second-order valence-corrected chi connectivity index (χ2v) is 8.12. The van der Waals surface area contributed by atoms with Crippen LogP contribution in [0.5, 0.6) is 0 Å². The first-order valence-corrected chi connectivity index (χ1v) is 9.20. The summed E-state index contributed by atoms with van der Waals surface area (Å²) >= 11 is 3.07. The second kappa shape index (κ2) is 6.37. The van der Waals surface area contributed by atoms with Crippen molar-refractivity contribution in [1.82, 2.24) is 14.3 Å². The number of rotatable bonds is 4. The zero-order chi connectivity index (χ0) is 16.4. The molecule has 1 aromatic carbocycles. The van der Waals surface area contributed by atoms with E-state index in [0.717, 1.165) is 27.2 Å². The molecule has 23 heavy (non-hydrogen) atoms. The number of hydrogen-bond donors (Lipinski definition) is 1. The van der Waals surface area contributed by atoms with Crippen molar-refractivity contribution in [1.29, 1.82) is 0 Å². The minimum absolute atomic E-state index is 0.0265. The highest BCUT2D eigenvalue weighted by Gasteiger charge is 2.20. The van der Waals surface area contributed by atoms with Gasteiger partial charge in [0.1, 0.15) is 10.8 Å². The zero-order valence-electron chi connectivity index (χ0n) is 13.7. The first-order valence-electron chi connectivity index (χ1n) is 7.55. The first kappa shape index (κ1) is 16.1. The molecule has 0 aliphatic heterocycles. The van der Waals surface area contributed by atoms with Crippen molar-refractivity contribution in [3.63, 3.8) is 0 Å². The SMILES string of the molecule is CC(Nc1nc(C(C)(C)C)ns1)c1nc(-c2ccccc2)cs1. The topological polar surface area (TPSA) is 50.7 Å². The number of nitrogens with one attached hydrogen (secondary N) is 1. The molecule has 3 rings (SSSR count). The van der Waals surface area contributed by atoms with Crippen LogP contribution >= 0.6 is 22.9 Å². The van der Waals surface area contributed by atoms with Crippen LogP contribution in [-0.4, -0.2) is 14.3 Å². The Morgan fingerprint density at radius 2 is 1.83 bits per heavy atom. The van der Waals surface area contributed by atoms with Crippen LogP contribution in [0.25, 0.3) is 11.3 Å². The van der Waals surface area contributed by atoms with Crippen LogP contribution in [0.1, 0.15) is 44.6 Å². The van der Waals surface area contributed by atoms with Gasteiger partial charge in [0, 0.05) is 27.9 Å². The van der Waals surface area contributed by atoms with E-state index in [1.54, 1.807) is 11.3 Å². The fourth-order valence-corrected chi connectivity index (χ4v) is 3.74. The number of nitrogens with zero attached hydrogens (tertiary/aromatic N) is 3. The monoisotopic (exact) mass is 344 g/mol. The van der Waals surface area contributed by atoms with Crippen molar-refractivity contribution < 1.29 is 0 Å². The summed E-state index contributed by atoms with van der Waals surface area (Å²) in [6.07, 6.45) is 0. The molecular formula is C17H20N4S2. The number of aromatic nitrogens is 3. The van der Waals surface area contributed by atoms with E-state index in [0.29, 0.717) is 0 Å². The largest absolute Gasteiger partial charge is 0.351 e. The molecule has 0 bridgehead atoms. The third-order valence-electron chi connectivity index (χ3n) is 3.40. The van der Waals surface area contributed by atoms with Crippen molar-refractivity contribution in [2.75, 3.05) is 5.32 Å². The summed E-state index contributed by atoms with van der Waals surface area (Å²) in [6.45, 7) is 8.46. The lowest BCUT2D eigenvalue weighted by Crippen LogP contribution is -2.13. The molecular weight excluding hydrogens is 324 g/mol. The second-order valence-electron chi connectivity index (χ2n) is 6.48. The third-order valence-corrected chi connectivity index (χ3v) is 5.07. The highest BCUT2D eigenvalue weighted by molar-refractivity contribution is 7.10. The van der Waals surface area contributed by atoms with E-state index in [1.165, 1.54) is 11.5 Å². The maximum absolute atomic E-state index is 4.74. The van der Waals surface area contributed by atoms with Gasteiger partial charge in [0.25, 0.3) is 0 Å². The molecule has 120 valence electrons. The van der Waals surface area contributed by atoms with E-state index in [9.17, 15) is 0 Å². The van der Waals surface area contributed by atoms with Gasteiger partial charge in [0.2, 0.25) is 5.13 Å². The molecule has 1 unspecified atom stereocenters. The molecule has 0 aliphatic carbocycles. The summed E-state index contributed by atoms with van der Waals surface area (Å²) < 4.78 is 4.44. The van der Waals surface area contributed by atoms with Gasteiger partial charge in [-0.05, 0) is 6.92 Å². The fraction of sp³-hybridized carbons (Fsp3) is 0.353. The van der Waals surface area contributed by atoms with Crippen LogP contribution in [-0.2, 0) is 5.41 Å². The Labute approximate surface area is 144 Å². The van der Waals surface area contributed by atoms with Gasteiger partial charge in [-0.1, -0.05) is 51.1 Å². The van der Waals surface area contributed by atoms with Crippen LogP contribution < -0.4 is 5.32 Å². The molecule has 3 aromatic rings. The summed E-state index contributed by atoms with van der Waals surface area (Å²) in [5.41, 5.74) is 2.14. The van der Waals surface area contributed by atoms with Crippen LogP contribution in [0.3, 0.4) is 0 Å². The molecule has 0 saturated heterocycles. The van der Waals surface area contributed by atoms with E-state index in [-0.39, 0.29) is 11.5 Å². The van der Waals surface area contributed by atoms with E-state index in [2.05, 4.69) is 59.9 Å². The number of thiazole rings is 1. The minimum atomic E-state index is -0.0265. The average Bonchev–Trinajstić information content (AvgIpc) is 3.16. The molecule has 0 saturated carbocycles. The molecule has 6 heteroatoms. The Morgan fingerprint density at radius 3 is 2.48 bits per heavy atom. The van der Waals surface area contributed by atoms with Gasteiger partial charge in [0.05, 0.1) is 11.7 Å². The number of benzene rings is 1. The molecule has 4 nitrogen and oxygen atoms in total. The van der Waals surface area contributed by atoms with E-state index in [4.69, 9.17) is 4.98 Å². The molecule has 1 atom stereocenters. The molecule has 0 spiro atoms. The maximum Gasteiger partial charge on any atom is 0.203 e. The molecule has 0 aliphatic rings. The summed E-state index contributed by atoms with van der Waals surface area (Å²) in [7, 11) is 0. The fourth-order valence-electron chi connectivity index (χ4n) is 2.06. The summed E-state index contributed by atoms with van der Waals surface area (Å²) in [5, 5.41) is 7.41. The Morgan fingerprint density at radius 1 is 1.09 bits per heavy atom. The van der Waals surface area contributed by atoms with Crippen molar-refractivity contribution in [3.8, 4) is 11.3 Å². The Kier molecular flexibility index (Phi) is 4.46. The van der Waals surface area contributed by atoms with Crippen molar-refractivity contribution in [2.45, 2.75) is 39.2 Å². The molecule has 2 aromatic heterocycles. The normalized spacial score (nSPS) is 13.0. The Bertz CT molecular complexity index is 771. The van der Waals surface area contributed by atoms with E-state index < -0.39 is 0 Å². The van der Waals surface area contributed by atoms with Crippen LogP contribution in [0.4, 0.5) is 5.13 Å². The Balaban J connectivity index is 1.73. The minimum Gasteiger partial charge on any atom is -0.351 e. The highest BCUT2D eigenvalue weighted by Crippen LogP contribution is 2.29. The third kappa shape index (κ3) is 3.76. The lowest BCUT2D eigenvalue weighted by molar-refractivity contribution is 0.555. The highest BCUT2D eigenvalue weighted by atomic mass is 32.1. The standard InChI is InChI=1S/C17H20N4S2/c1-11(18-16-20-15(21-23-16)17(2,3)4)14-19-13(10-22-14)12-8-6-5-7-9-12/h5-11H,1-4H3,(H,18,20,21). The lowest BCUT2D eigenvalue weighted by Gasteiger charge is -2.13. The molecule has 1 N–H and O–H groups in total. The van der Waals surface area contributed by atoms with Crippen molar-refractivity contribution >= 4 is 28.0 Å². The Hall–Kier alpha value is -1.79. The predicted octanol–water partition coefficient (Wildman–Crippen LogP) is 5.13. The first-order chi connectivity index (χ1) is 10.9. The molecule has 0 amide bonds. The number of hydrogen-bond acceptors (Lipinski definition) is 6. The van der Waals surface area contributed by atoms with Gasteiger partial charge in [-0.25, -0.2) is 9.97 Å². The maximum atomic E-state index is 4.74. The van der Waals surface area contributed by atoms with Crippen LogP contribution in [0.15, 0.2) is 35.7 Å². The average molecular weight is 345 g/mol. The molecule has 0 fully saturated rings. The quantitative estimate of drug-likeness (QED) is 0.712. The van der Waals surface area contributed by atoms with E-state index in [1.807, 2.05) is 18.2 Å². The van der Waals surface area contributed by atoms with Crippen LogP contribution in [0.2, 0.25) is 0 Å². The smallest absolute Gasteiger partial charge is 0.203 e. The van der Waals surface area contributed by atoms with Gasteiger partial charge in [-0.15, -0.1) is 11.3 Å². The lowest BCUT2D eigenvalue weighted by atomic mass is 9.96. The summed E-state index contributed by atoms with van der Waals surface area (Å²) in [4.78, 5) is 9.33. The van der Waals surface area contributed by atoms with Gasteiger partial charge in [-0.3, -0.25) is 0 Å². The summed E-state index contributed by atoms with van der Waals surface area (Å²) in [5.74, 6) is 0.876. The zero-order valence-corrected chi connectivity index (χ0v) is 15.3. The van der Waals surface area contributed by atoms with Gasteiger partial charge >= 0.3 is 0 Å². The van der Waals surface area contributed by atoms with Gasteiger partial charge < -0.3 is 5.32 Å². The van der Waals surface area contributed by atoms with Crippen molar-refractivity contribution in [3.05, 3.63) is 46.5 Å².